The lowest BCUT2D eigenvalue weighted by Gasteiger charge is -2.37. The van der Waals surface area contributed by atoms with Crippen LogP contribution in [0.5, 0.6) is 5.75 Å². The average molecular weight is 446 g/mol. The second-order valence-corrected chi connectivity index (χ2v) is 8.53. The molecule has 1 saturated heterocycles. The number of amides is 2. The van der Waals surface area contributed by atoms with Gasteiger partial charge in [-0.1, -0.05) is 50.2 Å². The number of aromatic nitrogens is 2. The topological polar surface area (TPSA) is 70.6 Å². The highest BCUT2D eigenvalue weighted by molar-refractivity contribution is 5.89. The Bertz CT molecular complexity index is 1110. The Morgan fingerprint density at radius 3 is 2.39 bits per heavy atom. The third kappa shape index (κ3) is 5.08. The van der Waals surface area contributed by atoms with Crippen LogP contribution in [-0.2, 0) is 0 Å². The minimum atomic E-state index is -0.101. The van der Waals surface area contributed by atoms with Gasteiger partial charge in [-0.05, 0) is 25.0 Å². The molecule has 3 aromatic rings. The summed E-state index contributed by atoms with van der Waals surface area (Å²) >= 11 is 0. The Morgan fingerprint density at radius 2 is 1.73 bits per heavy atom. The van der Waals surface area contributed by atoms with Crippen molar-refractivity contribution in [2.24, 2.45) is 0 Å². The highest BCUT2D eigenvalue weighted by Gasteiger charge is 2.26. The molecule has 2 amide bonds. The number of carbonyl (C=O) groups is 1. The number of hydrogen-bond acceptors (Lipinski definition) is 5. The van der Waals surface area contributed by atoms with E-state index in [-0.39, 0.29) is 6.03 Å². The van der Waals surface area contributed by atoms with Crippen molar-refractivity contribution in [1.82, 2.24) is 14.9 Å². The van der Waals surface area contributed by atoms with Gasteiger partial charge in [0.25, 0.3) is 0 Å². The van der Waals surface area contributed by atoms with Gasteiger partial charge in [-0.3, -0.25) is 0 Å². The van der Waals surface area contributed by atoms with Crippen molar-refractivity contribution >= 4 is 17.5 Å². The molecule has 1 fully saturated rings. The fourth-order valence-electron chi connectivity index (χ4n) is 4.22. The number of benzene rings is 2. The second kappa shape index (κ2) is 9.90. The predicted octanol–water partition coefficient (Wildman–Crippen LogP) is 4.94. The summed E-state index contributed by atoms with van der Waals surface area (Å²) in [7, 11) is 1.61. The second-order valence-electron chi connectivity index (χ2n) is 8.53. The Labute approximate surface area is 195 Å². The largest absolute Gasteiger partial charge is 0.497 e. The van der Waals surface area contributed by atoms with Gasteiger partial charge in [0.05, 0.1) is 7.11 Å². The number of nitrogens with one attached hydrogen (secondary N) is 1. The third-order valence-corrected chi connectivity index (χ3v) is 5.91. The van der Waals surface area contributed by atoms with E-state index < -0.39 is 0 Å². The Kier molecular flexibility index (Phi) is 6.77. The molecule has 0 atom stereocenters. The van der Waals surface area contributed by atoms with Crippen LogP contribution >= 0.6 is 0 Å². The molecule has 1 aliphatic heterocycles. The van der Waals surface area contributed by atoms with E-state index in [1.165, 1.54) is 5.56 Å². The van der Waals surface area contributed by atoms with E-state index in [0.717, 1.165) is 41.7 Å². The highest BCUT2D eigenvalue weighted by Crippen LogP contribution is 2.31. The van der Waals surface area contributed by atoms with Crippen molar-refractivity contribution < 1.29 is 9.53 Å². The van der Waals surface area contributed by atoms with Crippen molar-refractivity contribution in [1.29, 1.82) is 0 Å². The van der Waals surface area contributed by atoms with Gasteiger partial charge in [0, 0.05) is 54.8 Å². The summed E-state index contributed by atoms with van der Waals surface area (Å²) in [6, 6.07) is 17.4. The molecule has 172 valence electrons. The number of rotatable bonds is 5. The monoisotopic (exact) mass is 445 g/mol. The van der Waals surface area contributed by atoms with Crippen LogP contribution in [0.2, 0.25) is 0 Å². The molecule has 1 aliphatic rings. The molecule has 0 spiro atoms. The number of aryl methyl sites for hydroxylation is 1. The van der Waals surface area contributed by atoms with Crippen LogP contribution in [0.3, 0.4) is 0 Å². The van der Waals surface area contributed by atoms with E-state index in [2.05, 4.69) is 31.0 Å². The maximum atomic E-state index is 12.8. The lowest BCUT2D eigenvalue weighted by molar-refractivity contribution is 0.208. The van der Waals surface area contributed by atoms with Gasteiger partial charge in [-0.25, -0.2) is 14.8 Å². The van der Waals surface area contributed by atoms with Gasteiger partial charge >= 0.3 is 6.03 Å². The Morgan fingerprint density at radius 1 is 1.00 bits per heavy atom. The van der Waals surface area contributed by atoms with Crippen LogP contribution in [0.15, 0.2) is 54.6 Å². The summed E-state index contributed by atoms with van der Waals surface area (Å²) in [5.74, 6) is 2.74. The molecule has 2 aromatic carbocycles. The number of nitrogens with zero attached hydrogens (tertiary/aromatic N) is 4. The van der Waals surface area contributed by atoms with Crippen LogP contribution in [0.1, 0.15) is 31.0 Å². The van der Waals surface area contributed by atoms with E-state index in [1.807, 2.05) is 59.5 Å². The molecular weight excluding hydrogens is 414 g/mol. The maximum Gasteiger partial charge on any atom is 0.321 e. The number of piperazine rings is 1. The number of methoxy groups -OCH3 is 1. The van der Waals surface area contributed by atoms with Gasteiger partial charge in [0.2, 0.25) is 0 Å². The van der Waals surface area contributed by atoms with Crippen molar-refractivity contribution in [2.75, 3.05) is 43.5 Å². The molecular formula is C26H31N5O2. The van der Waals surface area contributed by atoms with Crippen molar-refractivity contribution in [3.8, 4) is 17.1 Å². The summed E-state index contributed by atoms with van der Waals surface area (Å²) in [6.07, 6.45) is 0. The standard InChI is InChI=1S/C26H31N5O2/c1-18(2)23-19(3)27-24(20-9-6-5-7-10-20)29-25(23)30-13-15-31(16-14-30)26(32)28-21-11-8-12-22(17-21)33-4/h5-12,17-18H,13-16H2,1-4H3,(H,28,32). The summed E-state index contributed by atoms with van der Waals surface area (Å²) in [4.78, 5) is 26.7. The fraction of sp³-hybridized carbons (Fsp3) is 0.346. The first kappa shape index (κ1) is 22.6. The van der Waals surface area contributed by atoms with Crippen LogP contribution < -0.4 is 15.0 Å². The Balaban J connectivity index is 1.50. The van der Waals surface area contributed by atoms with E-state index in [4.69, 9.17) is 14.7 Å². The zero-order valence-electron chi connectivity index (χ0n) is 19.7. The first-order valence-electron chi connectivity index (χ1n) is 11.3. The molecule has 2 heterocycles. The van der Waals surface area contributed by atoms with Crippen molar-refractivity contribution in [2.45, 2.75) is 26.7 Å². The zero-order chi connectivity index (χ0) is 23.4. The lowest BCUT2D eigenvalue weighted by atomic mass is 10.0. The molecule has 7 heteroatoms. The Hall–Kier alpha value is -3.61. The third-order valence-electron chi connectivity index (χ3n) is 5.91. The first-order valence-corrected chi connectivity index (χ1v) is 11.3. The van der Waals surface area contributed by atoms with E-state index in [1.54, 1.807) is 7.11 Å². The molecule has 1 aromatic heterocycles. The summed E-state index contributed by atoms with van der Waals surface area (Å²) in [5, 5.41) is 2.97. The smallest absolute Gasteiger partial charge is 0.321 e. The lowest BCUT2D eigenvalue weighted by Crippen LogP contribution is -2.50. The maximum absolute atomic E-state index is 12.8. The quantitative estimate of drug-likeness (QED) is 0.602. The summed E-state index contributed by atoms with van der Waals surface area (Å²) in [5.41, 5.74) is 3.91. The molecule has 4 rings (SSSR count). The highest BCUT2D eigenvalue weighted by atomic mass is 16.5. The summed E-state index contributed by atoms with van der Waals surface area (Å²) in [6.45, 7) is 9.09. The minimum absolute atomic E-state index is 0.101. The number of urea groups is 1. The number of hydrogen-bond donors (Lipinski definition) is 1. The first-order chi connectivity index (χ1) is 16.0. The van der Waals surface area contributed by atoms with E-state index in [0.29, 0.717) is 24.8 Å². The molecule has 0 bridgehead atoms. The molecule has 33 heavy (non-hydrogen) atoms. The van der Waals surface area contributed by atoms with Crippen LogP contribution in [-0.4, -0.2) is 54.2 Å². The van der Waals surface area contributed by atoms with Crippen LogP contribution in [0.4, 0.5) is 16.3 Å². The molecule has 7 nitrogen and oxygen atoms in total. The molecule has 0 unspecified atom stereocenters. The van der Waals surface area contributed by atoms with Gasteiger partial charge in [-0.2, -0.15) is 0 Å². The summed E-state index contributed by atoms with van der Waals surface area (Å²) < 4.78 is 5.24. The zero-order valence-corrected chi connectivity index (χ0v) is 19.7. The van der Waals surface area contributed by atoms with Gasteiger partial charge in [-0.15, -0.1) is 0 Å². The van der Waals surface area contributed by atoms with Gasteiger partial charge < -0.3 is 19.9 Å². The van der Waals surface area contributed by atoms with E-state index in [9.17, 15) is 4.79 Å². The molecule has 1 N–H and O–H groups in total. The number of ether oxygens (including phenoxy) is 1. The number of anilines is 2. The van der Waals surface area contributed by atoms with Gasteiger partial charge in [0.15, 0.2) is 5.82 Å². The van der Waals surface area contributed by atoms with E-state index >= 15 is 0 Å². The van der Waals surface area contributed by atoms with Crippen molar-refractivity contribution in [3.63, 3.8) is 0 Å². The van der Waals surface area contributed by atoms with Crippen LogP contribution in [0, 0.1) is 6.92 Å². The normalized spacial score (nSPS) is 13.8. The van der Waals surface area contributed by atoms with Gasteiger partial charge in [0.1, 0.15) is 11.6 Å². The molecule has 0 aliphatic carbocycles. The van der Waals surface area contributed by atoms with Crippen molar-refractivity contribution in [3.05, 3.63) is 65.9 Å². The van der Waals surface area contributed by atoms with Crippen LogP contribution in [0.25, 0.3) is 11.4 Å². The predicted molar refractivity (Wildman–Crippen MR) is 132 cm³/mol. The number of carbonyl (C=O) groups excluding carboxylic acids is 1. The average Bonchev–Trinajstić information content (AvgIpc) is 2.84. The fourth-order valence-corrected chi connectivity index (χ4v) is 4.22. The molecule has 0 saturated carbocycles. The minimum Gasteiger partial charge on any atom is -0.497 e. The SMILES string of the molecule is COc1cccc(NC(=O)N2CCN(c3nc(-c4ccccc4)nc(C)c3C(C)C)CC2)c1. The molecule has 0 radical (unpaired) electrons.